The molecule has 14 heteroatoms. The smallest absolute Gasteiger partial charge is 0.333 e. The maximum Gasteiger partial charge on any atom is 0.333 e. The number of hydrogen-bond acceptors (Lipinski definition) is 12. The Kier molecular flexibility index (Phi) is 12.6. The Labute approximate surface area is 298 Å². The monoisotopic (exact) mass is 707 g/mol. The lowest BCUT2D eigenvalue weighted by Gasteiger charge is -2.28. The van der Waals surface area contributed by atoms with Crippen LogP contribution in [0.1, 0.15) is 36.8 Å². The van der Waals surface area contributed by atoms with E-state index in [4.69, 9.17) is 33.3 Å². The third-order valence-electron chi connectivity index (χ3n) is 8.56. The third kappa shape index (κ3) is 8.05. The zero-order valence-electron chi connectivity index (χ0n) is 30.9. The molecule has 14 nitrogen and oxygen atoms in total. The van der Waals surface area contributed by atoms with Crippen molar-refractivity contribution in [3.63, 3.8) is 0 Å². The molecule has 1 heterocycles. The predicted molar refractivity (Wildman–Crippen MR) is 192 cm³/mol. The summed E-state index contributed by atoms with van der Waals surface area (Å²) in [6.07, 6.45) is 4.29. The van der Waals surface area contributed by atoms with Crippen molar-refractivity contribution in [1.29, 1.82) is 0 Å². The number of anilines is 2. The van der Waals surface area contributed by atoms with Crippen LogP contribution < -0.4 is 29.2 Å². The molecule has 0 aromatic heterocycles. The minimum Gasteiger partial charge on any atom is -0.496 e. The van der Waals surface area contributed by atoms with Crippen LogP contribution in [0.2, 0.25) is 0 Å². The minimum absolute atomic E-state index is 0.00356. The van der Waals surface area contributed by atoms with E-state index in [1.807, 2.05) is 74.1 Å². The van der Waals surface area contributed by atoms with Gasteiger partial charge in [0.25, 0.3) is 11.8 Å². The molecule has 2 amide bonds. The molecule has 2 aromatic carbocycles. The van der Waals surface area contributed by atoms with E-state index in [0.717, 1.165) is 17.1 Å². The van der Waals surface area contributed by atoms with Gasteiger partial charge in [0, 0.05) is 81.1 Å². The number of nitrogens with zero attached hydrogens (tertiary/aromatic N) is 3. The predicted octanol–water partition coefficient (Wildman–Crippen LogP) is 4.18. The Morgan fingerprint density at radius 2 is 1.25 bits per heavy atom. The summed E-state index contributed by atoms with van der Waals surface area (Å²) in [5.74, 6) is 1.27. The fraction of sp³-hybridized carbons (Fsp3) is 0.405. The Hall–Kier alpha value is -5.66. The van der Waals surface area contributed by atoms with Gasteiger partial charge in [-0.15, -0.1) is 5.06 Å². The van der Waals surface area contributed by atoms with Crippen LogP contribution in [0.5, 0.6) is 23.0 Å². The number of carbonyl (C=O) groups is 3. The molecule has 2 aromatic rings. The lowest BCUT2D eigenvalue weighted by atomic mass is 9.86. The summed E-state index contributed by atoms with van der Waals surface area (Å²) in [6, 6.07) is 7.47. The molecule has 0 unspecified atom stereocenters. The van der Waals surface area contributed by atoms with Crippen LogP contribution in [0.4, 0.5) is 11.4 Å². The quantitative estimate of drug-likeness (QED) is 0.210. The molecule has 1 fully saturated rings. The second-order valence-corrected chi connectivity index (χ2v) is 11.8. The van der Waals surface area contributed by atoms with Gasteiger partial charge in [0.1, 0.15) is 48.6 Å². The highest BCUT2D eigenvalue weighted by molar-refractivity contribution is 6.07. The molecule has 0 atom stereocenters. The van der Waals surface area contributed by atoms with Crippen molar-refractivity contribution in [2.24, 2.45) is 0 Å². The van der Waals surface area contributed by atoms with Gasteiger partial charge in [0.2, 0.25) is 5.71 Å². The summed E-state index contributed by atoms with van der Waals surface area (Å²) in [6.45, 7) is 0.431. The van der Waals surface area contributed by atoms with Gasteiger partial charge < -0.3 is 43.5 Å². The number of rotatable bonds is 15. The number of ether oxygens (including phenoxy) is 6. The van der Waals surface area contributed by atoms with E-state index in [9.17, 15) is 14.4 Å². The van der Waals surface area contributed by atoms with E-state index in [1.54, 1.807) is 42.7 Å². The highest BCUT2D eigenvalue weighted by atomic mass is 16.7. The number of allylic oxidation sites excluding steroid dienone is 2. The van der Waals surface area contributed by atoms with E-state index in [0.29, 0.717) is 74.8 Å². The van der Waals surface area contributed by atoms with E-state index in [-0.39, 0.29) is 19.3 Å². The van der Waals surface area contributed by atoms with Crippen molar-refractivity contribution in [1.82, 2.24) is 5.06 Å². The van der Waals surface area contributed by atoms with Crippen LogP contribution in [0.3, 0.4) is 0 Å². The lowest BCUT2D eigenvalue weighted by Crippen LogP contribution is -2.32. The Morgan fingerprint density at radius 1 is 0.784 bits per heavy atom. The van der Waals surface area contributed by atoms with Gasteiger partial charge in [0.05, 0.1) is 71.5 Å². The number of hydroxylamine groups is 2. The van der Waals surface area contributed by atoms with Crippen LogP contribution >= 0.6 is 0 Å². The van der Waals surface area contributed by atoms with Gasteiger partial charge in [-0.3, -0.25) is 9.59 Å². The molecule has 0 spiro atoms. The summed E-state index contributed by atoms with van der Waals surface area (Å²) in [5.41, 5.74) is 4.73. The first-order valence-corrected chi connectivity index (χ1v) is 16.3. The first-order chi connectivity index (χ1) is 24.5. The summed E-state index contributed by atoms with van der Waals surface area (Å²) in [5, 5.41) is 3.72. The van der Waals surface area contributed by atoms with Crippen LogP contribution in [0.25, 0.3) is 5.57 Å². The molecule has 4 rings (SSSR count). The first kappa shape index (κ1) is 38.1. The number of benzene rings is 2. The van der Waals surface area contributed by atoms with Gasteiger partial charge in [0.15, 0.2) is 0 Å². The highest BCUT2D eigenvalue weighted by Crippen LogP contribution is 2.51. The summed E-state index contributed by atoms with van der Waals surface area (Å²) in [4.78, 5) is 43.1. The standard InChI is InChI=1S/C37H46N4O10/c1-38-22-16-25(45-5)34(26(17-22)46-6)37(35-27(47-7)18-23(39(2)3)19-28(35)48-8)36-29(49-9)20-24(21-30(36)50-10)40(4)15-11-12-33(44)51-41-31(42)13-14-32(41)43/h16-21H,11-15H2,1-10H3/p+1. The van der Waals surface area contributed by atoms with Crippen LogP contribution in [-0.2, 0) is 28.7 Å². The molecule has 274 valence electrons. The SMILES string of the molecule is CNc1cc(OC)c(C(=C2C(OC)=CC(=[N+](C)C)C=C2OC)c2c(OC)cc(N(C)CCCC(=O)ON3C(=O)CCC3=O)cc2OC)c(OC)c1. The molecular weight excluding hydrogens is 660 g/mol. The minimum atomic E-state index is -0.660. The molecule has 1 N–H and O–H groups in total. The molecule has 0 saturated carbocycles. The maximum absolute atomic E-state index is 12.4. The fourth-order valence-corrected chi connectivity index (χ4v) is 5.84. The molecule has 0 bridgehead atoms. The number of hydrogen-bond donors (Lipinski definition) is 1. The average molecular weight is 708 g/mol. The van der Waals surface area contributed by atoms with E-state index >= 15 is 0 Å². The van der Waals surface area contributed by atoms with E-state index in [2.05, 4.69) is 5.32 Å². The molecule has 1 aliphatic heterocycles. The van der Waals surface area contributed by atoms with E-state index < -0.39 is 17.8 Å². The Balaban J connectivity index is 1.88. The normalized spacial score (nSPS) is 14.0. The number of imide groups is 1. The first-order valence-electron chi connectivity index (χ1n) is 16.3. The second-order valence-electron chi connectivity index (χ2n) is 11.8. The number of amides is 2. The number of methoxy groups -OCH3 is 6. The Bertz CT molecular complexity index is 1710. The fourth-order valence-electron chi connectivity index (χ4n) is 5.84. The van der Waals surface area contributed by atoms with Crippen molar-refractivity contribution >= 4 is 40.4 Å². The average Bonchev–Trinajstić information content (AvgIpc) is 3.46. The molecular formula is C37H47N4O10+. The second kappa shape index (κ2) is 16.8. The lowest BCUT2D eigenvalue weighted by molar-refractivity contribution is -0.462. The highest BCUT2D eigenvalue weighted by Gasteiger charge is 2.35. The van der Waals surface area contributed by atoms with Gasteiger partial charge in [-0.1, -0.05) is 0 Å². The van der Waals surface area contributed by atoms with Gasteiger partial charge in [-0.2, -0.15) is 0 Å². The molecule has 0 radical (unpaired) electrons. The Morgan fingerprint density at radius 3 is 1.67 bits per heavy atom. The zero-order valence-corrected chi connectivity index (χ0v) is 30.9. The maximum atomic E-state index is 12.4. The third-order valence-corrected chi connectivity index (χ3v) is 8.56. The largest absolute Gasteiger partial charge is 0.496 e. The molecule has 51 heavy (non-hydrogen) atoms. The van der Waals surface area contributed by atoms with Gasteiger partial charge in [-0.05, 0) is 6.42 Å². The van der Waals surface area contributed by atoms with Crippen molar-refractivity contribution in [3.05, 3.63) is 64.6 Å². The molecule has 2 aliphatic rings. The van der Waals surface area contributed by atoms with Crippen molar-refractivity contribution in [3.8, 4) is 23.0 Å². The van der Waals surface area contributed by atoms with Crippen molar-refractivity contribution in [2.75, 3.05) is 87.6 Å². The van der Waals surface area contributed by atoms with Gasteiger partial charge in [-0.25, -0.2) is 9.37 Å². The van der Waals surface area contributed by atoms with Crippen LogP contribution in [-0.4, -0.2) is 111 Å². The summed E-state index contributed by atoms with van der Waals surface area (Å²) < 4.78 is 38.2. The summed E-state index contributed by atoms with van der Waals surface area (Å²) >= 11 is 0. The van der Waals surface area contributed by atoms with Gasteiger partial charge >= 0.3 is 5.97 Å². The van der Waals surface area contributed by atoms with E-state index in [1.165, 1.54) is 0 Å². The topological polar surface area (TPSA) is 137 Å². The number of carbonyl (C=O) groups excluding carboxylic acids is 3. The van der Waals surface area contributed by atoms with Crippen molar-refractivity contribution in [2.45, 2.75) is 25.7 Å². The molecule has 1 aliphatic carbocycles. The molecule has 1 saturated heterocycles. The van der Waals surface area contributed by atoms with Crippen molar-refractivity contribution < 1.29 is 52.2 Å². The van der Waals surface area contributed by atoms with Crippen LogP contribution in [0, 0.1) is 0 Å². The van der Waals surface area contributed by atoms with Crippen LogP contribution in [0.15, 0.2) is 53.5 Å². The summed E-state index contributed by atoms with van der Waals surface area (Å²) in [7, 11) is 17.0. The number of nitrogens with one attached hydrogen (secondary N) is 1. The zero-order chi connectivity index (χ0) is 37.4.